The predicted octanol–water partition coefficient (Wildman–Crippen LogP) is 3.98. The fourth-order valence-corrected chi connectivity index (χ4v) is 2.44. The molecule has 1 aliphatic carbocycles. The second-order valence-electron chi connectivity index (χ2n) is 4.74. The van der Waals surface area contributed by atoms with Crippen LogP contribution in [0, 0.1) is 0 Å². The van der Waals surface area contributed by atoms with Gasteiger partial charge in [-0.1, -0.05) is 36.2 Å². The van der Waals surface area contributed by atoms with Gasteiger partial charge < -0.3 is 4.90 Å². The highest BCUT2D eigenvalue weighted by Gasteiger charge is 2.44. The summed E-state index contributed by atoms with van der Waals surface area (Å²) in [4.78, 5) is 2.36. The van der Waals surface area contributed by atoms with E-state index < -0.39 is 0 Å². The second-order valence-corrected chi connectivity index (χ2v) is 5.55. The minimum absolute atomic E-state index is 0.332. The van der Waals surface area contributed by atoms with Gasteiger partial charge in [-0.15, -0.1) is 0 Å². The molecule has 0 radical (unpaired) electrons. The first kappa shape index (κ1) is 12.2. The highest BCUT2D eigenvalue weighted by molar-refractivity contribution is 6.42. The molecule has 1 nitrogen and oxygen atoms in total. The van der Waals surface area contributed by atoms with E-state index in [0.717, 1.165) is 13.1 Å². The van der Waals surface area contributed by atoms with Gasteiger partial charge in [0.15, 0.2) is 0 Å². The van der Waals surface area contributed by atoms with Crippen LogP contribution in [0.2, 0.25) is 10.0 Å². The van der Waals surface area contributed by atoms with E-state index in [1.54, 1.807) is 0 Å². The summed E-state index contributed by atoms with van der Waals surface area (Å²) in [5.74, 6) is 0. The van der Waals surface area contributed by atoms with Gasteiger partial charge in [0.05, 0.1) is 10.0 Å². The summed E-state index contributed by atoms with van der Waals surface area (Å²) in [5, 5.41) is 1.31. The smallest absolute Gasteiger partial charge is 0.0595 e. The zero-order chi connectivity index (χ0) is 11.8. The van der Waals surface area contributed by atoms with Crippen LogP contribution in [0.4, 0.5) is 0 Å². The lowest BCUT2D eigenvalue weighted by Gasteiger charge is -2.23. The van der Waals surface area contributed by atoms with E-state index in [2.05, 4.69) is 24.9 Å². The molecule has 0 amide bonds. The fourth-order valence-electron chi connectivity index (χ4n) is 2.14. The molecule has 0 N–H and O–H groups in total. The Kier molecular flexibility index (Phi) is 3.48. The Bertz CT molecular complexity index is 386. The summed E-state index contributed by atoms with van der Waals surface area (Å²) in [6.45, 7) is 4.38. The Morgan fingerprint density at radius 3 is 2.44 bits per heavy atom. The third-order valence-electron chi connectivity index (χ3n) is 3.50. The lowest BCUT2D eigenvalue weighted by atomic mass is 9.95. The number of likely N-dealkylation sites (N-methyl/N-ethyl adjacent to an activating group) is 1. The Balaban J connectivity index is 2.20. The van der Waals surface area contributed by atoms with Crippen LogP contribution in [0.15, 0.2) is 18.2 Å². The van der Waals surface area contributed by atoms with E-state index in [1.165, 1.54) is 18.4 Å². The van der Waals surface area contributed by atoms with Gasteiger partial charge >= 0.3 is 0 Å². The van der Waals surface area contributed by atoms with Crippen LogP contribution in [-0.4, -0.2) is 25.0 Å². The van der Waals surface area contributed by atoms with E-state index in [-0.39, 0.29) is 0 Å². The lowest BCUT2D eigenvalue weighted by Crippen LogP contribution is -2.29. The SMILES string of the molecule is CCN(C)CC1(c2ccc(Cl)c(Cl)c2)CC1. The largest absolute Gasteiger partial charge is 0.306 e. The van der Waals surface area contributed by atoms with Crippen LogP contribution in [-0.2, 0) is 5.41 Å². The van der Waals surface area contributed by atoms with Gasteiger partial charge in [-0.25, -0.2) is 0 Å². The molecule has 3 heteroatoms. The Morgan fingerprint density at radius 1 is 1.25 bits per heavy atom. The summed E-state index contributed by atoms with van der Waals surface area (Å²) < 4.78 is 0. The summed E-state index contributed by atoms with van der Waals surface area (Å²) in [6.07, 6.45) is 2.52. The van der Waals surface area contributed by atoms with Crippen molar-refractivity contribution >= 4 is 23.2 Å². The van der Waals surface area contributed by atoms with Crippen LogP contribution in [0.25, 0.3) is 0 Å². The monoisotopic (exact) mass is 257 g/mol. The van der Waals surface area contributed by atoms with Crippen molar-refractivity contribution in [3.63, 3.8) is 0 Å². The fraction of sp³-hybridized carbons (Fsp3) is 0.538. The molecule has 0 bridgehead atoms. The summed E-state index contributed by atoms with van der Waals surface area (Å²) >= 11 is 12.0. The van der Waals surface area contributed by atoms with Gasteiger partial charge in [0, 0.05) is 12.0 Å². The van der Waals surface area contributed by atoms with Gasteiger partial charge in [-0.3, -0.25) is 0 Å². The second kappa shape index (κ2) is 4.56. The molecule has 0 unspecified atom stereocenters. The summed E-state index contributed by atoms with van der Waals surface area (Å²) in [6, 6.07) is 6.05. The first-order valence-corrected chi connectivity index (χ1v) is 6.47. The molecule has 1 saturated carbocycles. The zero-order valence-electron chi connectivity index (χ0n) is 9.76. The topological polar surface area (TPSA) is 3.24 Å². The first-order valence-electron chi connectivity index (χ1n) is 5.71. The van der Waals surface area contributed by atoms with E-state index in [0.29, 0.717) is 15.5 Å². The lowest BCUT2D eigenvalue weighted by molar-refractivity contribution is 0.317. The average Bonchev–Trinajstić information content (AvgIpc) is 3.03. The molecule has 1 aliphatic rings. The molecule has 88 valence electrons. The number of hydrogen-bond acceptors (Lipinski definition) is 1. The Morgan fingerprint density at radius 2 is 1.94 bits per heavy atom. The van der Waals surface area contributed by atoms with Gasteiger partial charge in [0.1, 0.15) is 0 Å². The van der Waals surface area contributed by atoms with Crippen molar-refractivity contribution in [3.05, 3.63) is 33.8 Å². The summed E-state index contributed by atoms with van der Waals surface area (Å²) in [5.41, 5.74) is 1.67. The molecule has 2 rings (SSSR count). The maximum Gasteiger partial charge on any atom is 0.0595 e. The highest BCUT2D eigenvalue weighted by atomic mass is 35.5. The molecule has 1 aromatic carbocycles. The van der Waals surface area contributed by atoms with E-state index >= 15 is 0 Å². The molecular formula is C13H17Cl2N. The first-order chi connectivity index (χ1) is 7.57. The molecular weight excluding hydrogens is 241 g/mol. The van der Waals surface area contributed by atoms with Crippen molar-refractivity contribution in [1.29, 1.82) is 0 Å². The van der Waals surface area contributed by atoms with Crippen LogP contribution in [0.5, 0.6) is 0 Å². The van der Waals surface area contributed by atoms with Gasteiger partial charge in [0.25, 0.3) is 0 Å². The van der Waals surface area contributed by atoms with Gasteiger partial charge in [-0.05, 0) is 44.1 Å². The van der Waals surface area contributed by atoms with Crippen LogP contribution in [0.3, 0.4) is 0 Å². The van der Waals surface area contributed by atoms with Crippen molar-refractivity contribution in [3.8, 4) is 0 Å². The molecule has 0 aromatic heterocycles. The van der Waals surface area contributed by atoms with Crippen molar-refractivity contribution in [2.75, 3.05) is 20.1 Å². The van der Waals surface area contributed by atoms with Crippen molar-refractivity contribution < 1.29 is 0 Å². The molecule has 0 saturated heterocycles. The standard InChI is InChI=1S/C13H17Cl2N/c1-3-16(2)9-13(6-7-13)10-4-5-11(14)12(15)8-10/h4-5,8H,3,6-7,9H2,1-2H3. The normalized spacial score (nSPS) is 17.8. The minimum atomic E-state index is 0.332. The van der Waals surface area contributed by atoms with Crippen LogP contribution < -0.4 is 0 Å². The quantitative estimate of drug-likeness (QED) is 0.789. The molecule has 0 spiro atoms. The van der Waals surface area contributed by atoms with Crippen molar-refractivity contribution in [1.82, 2.24) is 4.90 Å². The van der Waals surface area contributed by atoms with E-state index in [4.69, 9.17) is 23.2 Å². The molecule has 0 aliphatic heterocycles. The zero-order valence-corrected chi connectivity index (χ0v) is 11.3. The summed E-state index contributed by atoms with van der Waals surface area (Å²) in [7, 11) is 2.16. The van der Waals surface area contributed by atoms with E-state index in [9.17, 15) is 0 Å². The third kappa shape index (κ3) is 2.37. The molecule has 16 heavy (non-hydrogen) atoms. The van der Waals surface area contributed by atoms with Crippen LogP contribution >= 0.6 is 23.2 Å². The van der Waals surface area contributed by atoms with Gasteiger partial charge in [0.2, 0.25) is 0 Å². The highest BCUT2D eigenvalue weighted by Crippen LogP contribution is 2.49. The number of benzene rings is 1. The third-order valence-corrected chi connectivity index (χ3v) is 4.24. The number of nitrogens with zero attached hydrogens (tertiary/aromatic N) is 1. The predicted molar refractivity (Wildman–Crippen MR) is 70.5 cm³/mol. The number of rotatable bonds is 4. The van der Waals surface area contributed by atoms with Crippen molar-refractivity contribution in [2.24, 2.45) is 0 Å². The number of hydrogen-bond donors (Lipinski definition) is 0. The van der Waals surface area contributed by atoms with Crippen molar-refractivity contribution in [2.45, 2.75) is 25.2 Å². The molecule has 1 fully saturated rings. The maximum absolute atomic E-state index is 6.07. The Labute approximate surface area is 107 Å². The van der Waals surface area contributed by atoms with E-state index in [1.807, 2.05) is 12.1 Å². The molecule has 1 aromatic rings. The minimum Gasteiger partial charge on any atom is -0.306 e. The maximum atomic E-state index is 6.07. The van der Waals surface area contributed by atoms with Crippen LogP contribution in [0.1, 0.15) is 25.3 Å². The Hall–Kier alpha value is -0.240. The number of halogens is 2. The van der Waals surface area contributed by atoms with Gasteiger partial charge in [-0.2, -0.15) is 0 Å². The average molecular weight is 258 g/mol. The molecule has 0 heterocycles. The molecule has 0 atom stereocenters.